The van der Waals surface area contributed by atoms with Gasteiger partial charge < -0.3 is 9.42 Å². The Morgan fingerprint density at radius 3 is 2.78 bits per heavy atom. The SMILES string of the molecule is Cc1noc(C2CCN(Cc3cccnc3)CCN2C(=O)C2CCCC2)n1. The van der Waals surface area contributed by atoms with E-state index in [2.05, 4.69) is 26.1 Å². The van der Waals surface area contributed by atoms with E-state index < -0.39 is 0 Å². The highest BCUT2D eigenvalue weighted by atomic mass is 16.5. The first kappa shape index (κ1) is 18.1. The van der Waals surface area contributed by atoms with Gasteiger partial charge in [0.1, 0.15) is 6.04 Å². The molecule has 7 heteroatoms. The average molecular weight is 369 g/mol. The summed E-state index contributed by atoms with van der Waals surface area (Å²) in [5.41, 5.74) is 1.19. The summed E-state index contributed by atoms with van der Waals surface area (Å²) >= 11 is 0. The second-order valence-corrected chi connectivity index (χ2v) is 7.63. The van der Waals surface area contributed by atoms with Crippen molar-refractivity contribution in [1.82, 2.24) is 24.9 Å². The Hall–Kier alpha value is -2.28. The summed E-state index contributed by atoms with van der Waals surface area (Å²) in [4.78, 5) is 26.3. The Labute approximate surface area is 159 Å². The van der Waals surface area contributed by atoms with Crippen LogP contribution in [-0.4, -0.2) is 50.5 Å². The predicted octanol–water partition coefficient (Wildman–Crippen LogP) is 2.74. The van der Waals surface area contributed by atoms with Gasteiger partial charge in [-0.25, -0.2) is 0 Å². The first-order chi connectivity index (χ1) is 13.2. The molecule has 2 aliphatic rings. The molecule has 4 rings (SSSR count). The Bertz CT molecular complexity index is 757. The van der Waals surface area contributed by atoms with E-state index in [1.807, 2.05) is 24.1 Å². The van der Waals surface area contributed by atoms with Crippen LogP contribution in [0.15, 0.2) is 29.0 Å². The second kappa shape index (κ2) is 8.17. The summed E-state index contributed by atoms with van der Waals surface area (Å²) in [5, 5.41) is 3.95. The van der Waals surface area contributed by atoms with Gasteiger partial charge >= 0.3 is 0 Å². The average Bonchev–Trinajstić information content (AvgIpc) is 3.32. The van der Waals surface area contributed by atoms with Crippen molar-refractivity contribution in [3.05, 3.63) is 41.8 Å². The van der Waals surface area contributed by atoms with Gasteiger partial charge in [-0.1, -0.05) is 24.1 Å². The molecule has 1 atom stereocenters. The third-order valence-electron chi connectivity index (χ3n) is 5.70. The number of pyridine rings is 1. The number of rotatable bonds is 4. The van der Waals surface area contributed by atoms with Crippen molar-refractivity contribution in [2.75, 3.05) is 19.6 Å². The monoisotopic (exact) mass is 369 g/mol. The minimum Gasteiger partial charge on any atom is -0.337 e. The molecule has 3 heterocycles. The van der Waals surface area contributed by atoms with Crippen molar-refractivity contribution in [1.29, 1.82) is 0 Å². The molecular weight excluding hydrogens is 342 g/mol. The molecule has 0 aromatic carbocycles. The Kier molecular flexibility index (Phi) is 5.48. The van der Waals surface area contributed by atoms with Gasteiger partial charge in [0.25, 0.3) is 0 Å². The highest BCUT2D eigenvalue weighted by Gasteiger charge is 2.36. The van der Waals surface area contributed by atoms with E-state index in [1.54, 1.807) is 6.20 Å². The van der Waals surface area contributed by atoms with Gasteiger partial charge in [-0.2, -0.15) is 4.98 Å². The van der Waals surface area contributed by atoms with E-state index in [-0.39, 0.29) is 17.9 Å². The van der Waals surface area contributed by atoms with E-state index in [9.17, 15) is 4.79 Å². The molecule has 0 spiro atoms. The van der Waals surface area contributed by atoms with Gasteiger partial charge in [-0.3, -0.25) is 14.7 Å². The molecule has 1 unspecified atom stereocenters. The van der Waals surface area contributed by atoms with Gasteiger partial charge in [0.15, 0.2) is 5.82 Å². The molecule has 27 heavy (non-hydrogen) atoms. The highest BCUT2D eigenvalue weighted by molar-refractivity contribution is 5.79. The molecule has 1 saturated heterocycles. The first-order valence-electron chi connectivity index (χ1n) is 9.92. The van der Waals surface area contributed by atoms with E-state index in [0.717, 1.165) is 51.7 Å². The van der Waals surface area contributed by atoms with Crippen LogP contribution in [0.5, 0.6) is 0 Å². The number of aromatic nitrogens is 3. The van der Waals surface area contributed by atoms with Gasteiger partial charge in [-0.05, 0) is 37.8 Å². The maximum Gasteiger partial charge on any atom is 0.249 e. The van der Waals surface area contributed by atoms with Crippen LogP contribution >= 0.6 is 0 Å². The summed E-state index contributed by atoms with van der Waals surface area (Å²) in [7, 11) is 0. The summed E-state index contributed by atoms with van der Waals surface area (Å²) < 4.78 is 5.47. The fourth-order valence-electron chi connectivity index (χ4n) is 4.26. The molecule has 1 aliphatic heterocycles. The number of carbonyl (C=O) groups is 1. The van der Waals surface area contributed by atoms with Crippen LogP contribution in [0.1, 0.15) is 55.4 Å². The molecule has 2 fully saturated rings. The Balaban J connectivity index is 1.52. The lowest BCUT2D eigenvalue weighted by Crippen LogP contribution is -2.40. The quantitative estimate of drug-likeness (QED) is 0.825. The predicted molar refractivity (Wildman–Crippen MR) is 99.6 cm³/mol. The molecule has 1 amide bonds. The number of hydrogen-bond donors (Lipinski definition) is 0. The lowest BCUT2D eigenvalue weighted by atomic mass is 10.0. The molecule has 144 valence electrons. The fourth-order valence-corrected chi connectivity index (χ4v) is 4.26. The zero-order valence-electron chi connectivity index (χ0n) is 15.9. The largest absolute Gasteiger partial charge is 0.337 e. The third kappa shape index (κ3) is 4.18. The Morgan fingerprint density at radius 2 is 2.07 bits per heavy atom. The molecule has 1 saturated carbocycles. The summed E-state index contributed by atoms with van der Waals surface area (Å²) in [6.07, 6.45) is 8.82. The highest BCUT2D eigenvalue weighted by Crippen LogP contribution is 2.32. The van der Waals surface area contributed by atoms with Crippen LogP contribution < -0.4 is 0 Å². The third-order valence-corrected chi connectivity index (χ3v) is 5.70. The molecule has 2 aromatic heterocycles. The topological polar surface area (TPSA) is 75.4 Å². The number of nitrogens with zero attached hydrogens (tertiary/aromatic N) is 5. The van der Waals surface area contributed by atoms with Crippen molar-refractivity contribution in [2.45, 2.75) is 51.6 Å². The normalized spacial score (nSPS) is 22.1. The van der Waals surface area contributed by atoms with E-state index in [1.165, 1.54) is 5.56 Å². The van der Waals surface area contributed by atoms with Crippen molar-refractivity contribution < 1.29 is 9.32 Å². The van der Waals surface area contributed by atoms with Crippen LogP contribution in [0.4, 0.5) is 0 Å². The zero-order chi connectivity index (χ0) is 18.6. The van der Waals surface area contributed by atoms with E-state index >= 15 is 0 Å². The van der Waals surface area contributed by atoms with Gasteiger partial charge in [0.05, 0.1) is 0 Å². The van der Waals surface area contributed by atoms with Gasteiger partial charge in [0.2, 0.25) is 11.8 Å². The number of carbonyl (C=O) groups excluding carboxylic acids is 1. The molecule has 0 bridgehead atoms. The lowest BCUT2D eigenvalue weighted by molar-refractivity contribution is -0.138. The minimum atomic E-state index is -0.127. The second-order valence-electron chi connectivity index (χ2n) is 7.63. The van der Waals surface area contributed by atoms with Crippen molar-refractivity contribution >= 4 is 5.91 Å². The molecular formula is C20H27N5O2. The van der Waals surface area contributed by atoms with Crippen LogP contribution in [-0.2, 0) is 11.3 Å². The van der Waals surface area contributed by atoms with Gasteiger partial charge in [0, 0.05) is 44.5 Å². The molecule has 0 radical (unpaired) electrons. The minimum absolute atomic E-state index is 0.127. The molecule has 0 N–H and O–H groups in total. The first-order valence-corrected chi connectivity index (χ1v) is 9.92. The smallest absolute Gasteiger partial charge is 0.249 e. The zero-order valence-corrected chi connectivity index (χ0v) is 15.9. The fraction of sp³-hybridized carbons (Fsp3) is 0.600. The van der Waals surface area contributed by atoms with Gasteiger partial charge in [-0.15, -0.1) is 0 Å². The number of amides is 1. The maximum absolute atomic E-state index is 13.2. The van der Waals surface area contributed by atoms with E-state index in [4.69, 9.17) is 4.52 Å². The lowest BCUT2D eigenvalue weighted by Gasteiger charge is -2.29. The number of hydrogen-bond acceptors (Lipinski definition) is 6. The summed E-state index contributed by atoms with van der Waals surface area (Å²) in [6, 6.07) is 3.93. The molecule has 7 nitrogen and oxygen atoms in total. The summed E-state index contributed by atoms with van der Waals surface area (Å²) in [6.45, 7) is 5.09. The van der Waals surface area contributed by atoms with Crippen LogP contribution in [0.3, 0.4) is 0 Å². The van der Waals surface area contributed by atoms with Crippen molar-refractivity contribution in [2.24, 2.45) is 5.92 Å². The van der Waals surface area contributed by atoms with Crippen molar-refractivity contribution in [3.8, 4) is 0 Å². The molecule has 1 aliphatic carbocycles. The van der Waals surface area contributed by atoms with Crippen LogP contribution in [0, 0.1) is 12.8 Å². The Morgan fingerprint density at radius 1 is 1.22 bits per heavy atom. The van der Waals surface area contributed by atoms with Crippen LogP contribution in [0.25, 0.3) is 0 Å². The van der Waals surface area contributed by atoms with E-state index in [0.29, 0.717) is 18.3 Å². The molecule has 2 aromatic rings. The summed E-state index contributed by atoms with van der Waals surface area (Å²) in [5.74, 6) is 1.61. The van der Waals surface area contributed by atoms with Crippen LogP contribution in [0.2, 0.25) is 0 Å². The number of aryl methyl sites for hydroxylation is 1. The maximum atomic E-state index is 13.2. The van der Waals surface area contributed by atoms with Crippen molar-refractivity contribution in [3.63, 3.8) is 0 Å². The standard InChI is InChI=1S/C20H27N5O2/c1-15-22-19(27-23-15)18-8-10-24(14-16-5-4-9-21-13-16)11-12-25(18)20(26)17-6-2-3-7-17/h4-5,9,13,17-18H,2-3,6-8,10-12,14H2,1H3.